The van der Waals surface area contributed by atoms with E-state index in [1.807, 2.05) is 0 Å². The van der Waals surface area contributed by atoms with E-state index in [0.29, 0.717) is 4.88 Å². The Hall–Kier alpha value is -2.78. The molecule has 25 heavy (non-hydrogen) atoms. The van der Waals surface area contributed by atoms with Crippen LogP contribution in [0.3, 0.4) is 0 Å². The molecule has 2 heterocycles. The van der Waals surface area contributed by atoms with Crippen molar-refractivity contribution in [3.63, 3.8) is 0 Å². The monoisotopic (exact) mass is 379 g/mol. The largest absolute Gasteiger partial charge is 0.501 e. The quantitative estimate of drug-likeness (QED) is 0.658. The number of carbonyl (C=O) groups is 1. The average molecular weight is 379 g/mol. The van der Waals surface area contributed by atoms with Crippen LogP contribution in [0.5, 0.6) is 11.5 Å². The highest BCUT2D eigenvalue weighted by Crippen LogP contribution is 2.47. The summed E-state index contributed by atoms with van der Waals surface area (Å²) in [6, 6.07) is 11.0. The van der Waals surface area contributed by atoms with Crippen LogP contribution in [0.25, 0.3) is 10.6 Å². The van der Waals surface area contributed by atoms with Gasteiger partial charge in [-0.1, -0.05) is 24.3 Å². The lowest BCUT2D eigenvalue weighted by Crippen LogP contribution is -2.13. The lowest BCUT2D eigenvalue weighted by molar-refractivity contribution is -0.131. The van der Waals surface area contributed by atoms with Crippen LogP contribution in [-0.4, -0.2) is 19.5 Å². The number of esters is 1. The lowest BCUT2D eigenvalue weighted by atomic mass is 10.3. The number of ether oxygens (including phenoxy) is 1. The van der Waals surface area contributed by atoms with Gasteiger partial charge in [-0.15, -0.1) is 11.3 Å². The number of hydrogen-bond acceptors (Lipinski definition) is 7. The van der Waals surface area contributed by atoms with Crippen molar-refractivity contribution in [2.24, 2.45) is 0 Å². The zero-order valence-electron chi connectivity index (χ0n) is 12.9. The van der Waals surface area contributed by atoms with Crippen molar-refractivity contribution in [3.8, 4) is 22.1 Å². The maximum absolute atomic E-state index is 12.5. The predicted molar refractivity (Wildman–Crippen MR) is 92.2 cm³/mol. The van der Waals surface area contributed by atoms with Gasteiger partial charge in [0.1, 0.15) is 0 Å². The Balaban J connectivity index is 2.06. The number of furan rings is 1. The molecule has 3 aromatic rings. The van der Waals surface area contributed by atoms with Gasteiger partial charge in [-0.25, -0.2) is 13.1 Å². The van der Waals surface area contributed by atoms with E-state index in [0.717, 1.165) is 6.92 Å². The standard InChI is InChI=1S/C16H13NO6S2/c1-10(18)22-15-13(19)14(12-8-5-9-24-12)23-16(15)17-25(20,21)11-6-3-2-4-7-11/h2-9,17,19H,1H3. The molecule has 0 unspecified atom stereocenters. The first-order valence-electron chi connectivity index (χ1n) is 7.04. The van der Waals surface area contributed by atoms with E-state index in [-0.39, 0.29) is 22.3 Å². The average Bonchev–Trinajstić information content (AvgIpc) is 3.19. The van der Waals surface area contributed by atoms with Crippen LogP contribution in [0, 0.1) is 0 Å². The summed E-state index contributed by atoms with van der Waals surface area (Å²) in [5.74, 6) is -1.93. The van der Waals surface area contributed by atoms with Crippen molar-refractivity contribution < 1.29 is 27.5 Å². The number of aromatic hydroxyl groups is 1. The molecule has 0 aliphatic rings. The molecule has 2 N–H and O–H groups in total. The molecule has 0 amide bonds. The second-order valence-electron chi connectivity index (χ2n) is 4.93. The second-order valence-corrected chi connectivity index (χ2v) is 7.56. The number of carbonyl (C=O) groups excluding carboxylic acids is 1. The molecule has 0 bridgehead atoms. The lowest BCUT2D eigenvalue weighted by Gasteiger charge is -2.07. The Bertz CT molecular complexity index is 991. The molecule has 0 saturated carbocycles. The molecule has 0 fully saturated rings. The summed E-state index contributed by atoms with van der Waals surface area (Å²) in [4.78, 5) is 11.8. The van der Waals surface area contributed by atoms with E-state index in [4.69, 9.17) is 9.15 Å². The topological polar surface area (TPSA) is 106 Å². The van der Waals surface area contributed by atoms with E-state index in [9.17, 15) is 18.3 Å². The molecule has 0 aliphatic heterocycles. The first-order valence-corrected chi connectivity index (χ1v) is 9.40. The maximum Gasteiger partial charge on any atom is 0.308 e. The van der Waals surface area contributed by atoms with E-state index >= 15 is 0 Å². The van der Waals surface area contributed by atoms with Gasteiger partial charge in [0, 0.05) is 6.92 Å². The summed E-state index contributed by atoms with van der Waals surface area (Å²) in [5, 5.41) is 12.1. The molecule has 0 atom stereocenters. The minimum atomic E-state index is -3.99. The summed E-state index contributed by atoms with van der Waals surface area (Å²) in [7, 11) is -3.99. The molecule has 2 aromatic heterocycles. The van der Waals surface area contributed by atoms with E-state index in [1.165, 1.54) is 23.5 Å². The zero-order valence-corrected chi connectivity index (χ0v) is 14.6. The van der Waals surface area contributed by atoms with Crippen molar-refractivity contribution in [1.82, 2.24) is 0 Å². The number of nitrogens with one attached hydrogen (secondary N) is 1. The Morgan fingerprint density at radius 2 is 1.92 bits per heavy atom. The molecule has 0 saturated heterocycles. The summed E-state index contributed by atoms with van der Waals surface area (Å²) >= 11 is 1.27. The summed E-state index contributed by atoms with van der Waals surface area (Å²) in [6.45, 7) is 1.13. The zero-order chi connectivity index (χ0) is 18.0. The molecular weight excluding hydrogens is 366 g/mol. The van der Waals surface area contributed by atoms with Gasteiger partial charge >= 0.3 is 5.97 Å². The van der Waals surface area contributed by atoms with Crippen molar-refractivity contribution in [2.45, 2.75) is 11.8 Å². The molecule has 0 aliphatic carbocycles. The third-order valence-corrected chi connectivity index (χ3v) is 5.33. The van der Waals surface area contributed by atoms with Crippen LogP contribution in [-0.2, 0) is 14.8 Å². The van der Waals surface area contributed by atoms with Crippen molar-refractivity contribution >= 4 is 33.2 Å². The van der Waals surface area contributed by atoms with Gasteiger partial charge in [0.2, 0.25) is 11.5 Å². The Labute approximate surface area is 147 Å². The van der Waals surface area contributed by atoms with Gasteiger partial charge < -0.3 is 14.3 Å². The summed E-state index contributed by atoms with van der Waals surface area (Å²) in [5.41, 5.74) is 0. The fourth-order valence-electron chi connectivity index (χ4n) is 2.07. The number of anilines is 1. The predicted octanol–water partition coefficient (Wildman–Crippen LogP) is 3.44. The highest BCUT2D eigenvalue weighted by Gasteiger charge is 2.28. The third kappa shape index (κ3) is 3.52. The molecule has 130 valence electrons. The molecule has 0 spiro atoms. The van der Waals surface area contributed by atoms with Crippen LogP contribution in [0.15, 0.2) is 57.2 Å². The van der Waals surface area contributed by atoms with Crippen LogP contribution in [0.1, 0.15) is 6.92 Å². The van der Waals surface area contributed by atoms with Crippen LogP contribution in [0.4, 0.5) is 5.88 Å². The highest BCUT2D eigenvalue weighted by molar-refractivity contribution is 7.92. The number of benzene rings is 1. The van der Waals surface area contributed by atoms with Crippen molar-refractivity contribution in [1.29, 1.82) is 0 Å². The van der Waals surface area contributed by atoms with Crippen molar-refractivity contribution in [3.05, 3.63) is 47.8 Å². The minimum absolute atomic E-state index is 0.00246. The van der Waals surface area contributed by atoms with Gasteiger partial charge in [-0.2, -0.15) is 0 Å². The molecule has 1 aromatic carbocycles. The fourth-order valence-corrected chi connectivity index (χ4v) is 3.79. The molecule has 7 nitrogen and oxygen atoms in total. The molecular formula is C16H13NO6S2. The maximum atomic E-state index is 12.5. The Kier molecular flexibility index (Phi) is 4.51. The Morgan fingerprint density at radius 1 is 1.20 bits per heavy atom. The first kappa shape index (κ1) is 17.1. The SMILES string of the molecule is CC(=O)Oc1c(NS(=O)(=O)c2ccccc2)oc(-c2cccs2)c1O. The van der Waals surface area contributed by atoms with Gasteiger partial charge in [-0.05, 0) is 23.6 Å². The van der Waals surface area contributed by atoms with Crippen LogP contribution in [0.2, 0.25) is 0 Å². The van der Waals surface area contributed by atoms with Gasteiger partial charge in [0.25, 0.3) is 15.9 Å². The van der Waals surface area contributed by atoms with Crippen molar-refractivity contribution in [2.75, 3.05) is 4.72 Å². The normalized spacial score (nSPS) is 11.2. The van der Waals surface area contributed by atoms with E-state index < -0.39 is 21.7 Å². The molecule has 9 heteroatoms. The number of thiophene rings is 1. The number of sulfonamides is 1. The van der Waals surface area contributed by atoms with E-state index in [2.05, 4.69) is 4.72 Å². The summed E-state index contributed by atoms with van der Waals surface area (Å²) in [6.07, 6.45) is 0. The van der Waals surface area contributed by atoms with Crippen LogP contribution < -0.4 is 9.46 Å². The highest BCUT2D eigenvalue weighted by atomic mass is 32.2. The number of hydrogen-bond donors (Lipinski definition) is 2. The van der Waals surface area contributed by atoms with Gasteiger partial charge in [0.05, 0.1) is 9.77 Å². The smallest absolute Gasteiger partial charge is 0.308 e. The minimum Gasteiger partial charge on any atom is -0.501 e. The Morgan fingerprint density at radius 3 is 2.52 bits per heavy atom. The first-order chi connectivity index (χ1) is 11.9. The summed E-state index contributed by atoms with van der Waals surface area (Å²) < 4.78 is 37.5. The second kappa shape index (κ2) is 6.61. The molecule has 3 rings (SSSR count). The van der Waals surface area contributed by atoms with Crippen LogP contribution >= 0.6 is 11.3 Å². The van der Waals surface area contributed by atoms with E-state index in [1.54, 1.807) is 35.7 Å². The van der Waals surface area contributed by atoms with Gasteiger partial charge in [0.15, 0.2) is 5.76 Å². The van der Waals surface area contributed by atoms with Gasteiger partial charge in [-0.3, -0.25) is 4.79 Å². The fraction of sp³-hybridized carbons (Fsp3) is 0.0625. The number of rotatable bonds is 5. The molecule has 0 radical (unpaired) electrons. The third-order valence-electron chi connectivity index (χ3n) is 3.11.